The molecule has 1 N–H and O–H groups in total. The largest absolute Gasteiger partial charge is 0.457 e. The van der Waals surface area contributed by atoms with E-state index in [2.05, 4.69) is 5.32 Å². The Morgan fingerprint density at radius 1 is 1.38 bits per heavy atom. The fraction of sp³-hybridized carbons (Fsp3) is 0.529. The number of carbonyl (C=O) groups is 2. The molecule has 0 aromatic heterocycles. The molecule has 1 saturated heterocycles. The van der Waals surface area contributed by atoms with Gasteiger partial charge < -0.3 is 10.1 Å². The first kappa shape index (κ1) is 19.0. The van der Waals surface area contributed by atoms with Crippen molar-refractivity contribution in [2.75, 3.05) is 13.1 Å². The summed E-state index contributed by atoms with van der Waals surface area (Å²) < 4.78 is 5.42. The fourth-order valence-electron chi connectivity index (χ4n) is 2.76. The molecule has 0 saturated carbocycles. The Balaban J connectivity index is 1.93. The summed E-state index contributed by atoms with van der Waals surface area (Å²) >= 11 is 11.8. The van der Waals surface area contributed by atoms with Gasteiger partial charge in [0.25, 0.3) is 0 Å². The van der Waals surface area contributed by atoms with Crippen molar-refractivity contribution in [2.45, 2.75) is 45.4 Å². The number of benzene rings is 1. The number of morpholine rings is 1. The summed E-state index contributed by atoms with van der Waals surface area (Å²) in [5.41, 5.74) is 0.317. The molecule has 1 fully saturated rings. The normalized spacial score (nSPS) is 20.5. The molecule has 1 aliphatic heterocycles. The first-order valence-corrected chi connectivity index (χ1v) is 8.65. The number of hydrogen-bond donors (Lipinski definition) is 1. The highest BCUT2D eigenvalue weighted by Gasteiger charge is 2.40. The number of likely N-dealkylation sites (N-methyl/N-ethyl adjacent to an activating group) is 1. The van der Waals surface area contributed by atoms with Gasteiger partial charge in [0.05, 0.1) is 16.5 Å². The standard InChI is InChI=1S/C17H22Cl2N2O3/c1-4-21-10-17(2,3)24-16(23)14(21)8-15(22)20-9-11-5-6-12(18)13(19)7-11/h5-7,14H,4,8-10H2,1-3H3,(H,20,22). The van der Waals surface area contributed by atoms with Gasteiger partial charge in [0.1, 0.15) is 11.6 Å². The molecule has 1 amide bonds. The zero-order valence-corrected chi connectivity index (χ0v) is 15.6. The van der Waals surface area contributed by atoms with Crippen molar-refractivity contribution in [3.8, 4) is 0 Å². The van der Waals surface area contributed by atoms with Crippen molar-refractivity contribution in [3.05, 3.63) is 33.8 Å². The monoisotopic (exact) mass is 372 g/mol. The zero-order chi connectivity index (χ0) is 17.9. The molecule has 2 rings (SSSR count). The highest BCUT2D eigenvalue weighted by molar-refractivity contribution is 6.42. The lowest BCUT2D eigenvalue weighted by Crippen LogP contribution is -2.57. The minimum atomic E-state index is -0.545. The summed E-state index contributed by atoms with van der Waals surface area (Å²) in [6.45, 7) is 7.33. The number of hydrogen-bond acceptors (Lipinski definition) is 4. The molecular weight excluding hydrogens is 351 g/mol. The average Bonchev–Trinajstić information content (AvgIpc) is 2.50. The number of esters is 1. The molecule has 1 aliphatic rings. The van der Waals surface area contributed by atoms with E-state index in [-0.39, 0.29) is 18.3 Å². The van der Waals surface area contributed by atoms with Gasteiger partial charge in [0, 0.05) is 13.1 Å². The number of nitrogens with one attached hydrogen (secondary N) is 1. The van der Waals surface area contributed by atoms with Crippen molar-refractivity contribution in [2.24, 2.45) is 0 Å². The van der Waals surface area contributed by atoms with E-state index in [4.69, 9.17) is 27.9 Å². The summed E-state index contributed by atoms with van der Waals surface area (Å²) in [5.74, 6) is -0.557. The Labute approximate surface area is 152 Å². The van der Waals surface area contributed by atoms with Crippen molar-refractivity contribution < 1.29 is 14.3 Å². The zero-order valence-electron chi connectivity index (χ0n) is 14.1. The van der Waals surface area contributed by atoms with Gasteiger partial charge in [-0.05, 0) is 38.1 Å². The second-order valence-electron chi connectivity index (χ2n) is 6.49. The van der Waals surface area contributed by atoms with Gasteiger partial charge in [-0.25, -0.2) is 0 Å². The number of ether oxygens (including phenoxy) is 1. The fourth-order valence-corrected chi connectivity index (χ4v) is 3.08. The Bertz CT molecular complexity index is 634. The van der Waals surface area contributed by atoms with Crippen molar-refractivity contribution in [3.63, 3.8) is 0 Å². The summed E-state index contributed by atoms with van der Waals surface area (Å²) in [7, 11) is 0. The molecule has 0 aliphatic carbocycles. The third-order valence-corrected chi connectivity index (χ3v) is 4.67. The predicted molar refractivity (Wildman–Crippen MR) is 94.1 cm³/mol. The lowest BCUT2D eigenvalue weighted by atomic mass is 10.0. The Kier molecular flexibility index (Phi) is 6.12. The quantitative estimate of drug-likeness (QED) is 0.807. The number of carbonyl (C=O) groups excluding carboxylic acids is 2. The lowest BCUT2D eigenvalue weighted by Gasteiger charge is -2.41. The van der Waals surface area contributed by atoms with Gasteiger partial charge in [-0.1, -0.05) is 36.2 Å². The van der Waals surface area contributed by atoms with Gasteiger partial charge in [0.15, 0.2) is 0 Å². The Hall–Kier alpha value is -1.30. The maximum Gasteiger partial charge on any atom is 0.324 e. The third kappa shape index (κ3) is 4.85. The minimum Gasteiger partial charge on any atom is -0.457 e. The van der Waals surface area contributed by atoms with Gasteiger partial charge in [-0.2, -0.15) is 0 Å². The van der Waals surface area contributed by atoms with Crippen LogP contribution in [0.2, 0.25) is 10.0 Å². The lowest BCUT2D eigenvalue weighted by molar-refractivity contribution is -0.178. The number of nitrogens with zero attached hydrogens (tertiary/aromatic N) is 1. The molecule has 5 nitrogen and oxygen atoms in total. The third-order valence-electron chi connectivity index (χ3n) is 3.93. The van der Waals surface area contributed by atoms with E-state index in [1.165, 1.54) is 0 Å². The topological polar surface area (TPSA) is 58.6 Å². The van der Waals surface area contributed by atoms with Crippen molar-refractivity contribution >= 4 is 35.1 Å². The molecule has 0 spiro atoms. The van der Waals surface area contributed by atoms with E-state index < -0.39 is 11.6 Å². The van der Waals surface area contributed by atoms with E-state index in [9.17, 15) is 9.59 Å². The highest BCUT2D eigenvalue weighted by atomic mass is 35.5. The van der Waals surface area contributed by atoms with E-state index in [0.29, 0.717) is 29.7 Å². The van der Waals surface area contributed by atoms with Crippen LogP contribution in [0.5, 0.6) is 0 Å². The second-order valence-corrected chi connectivity index (χ2v) is 7.30. The Morgan fingerprint density at radius 3 is 2.71 bits per heavy atom. The number of cyclic esters (lactones) is 1. The van der Waals surface area contributed by atoms with E-state index >= 15 is 0 Å². The molecule has 7 heteroatoms. The molecule has 0 bridgehead atoms. The van der Waals surface area contributed by atoms with Gasteiger partial charge in [-0.15, -0.1) is 0 Å². The first-order valence-electron chi connectivity index (χ1n) is 7.89. The van der Waals surface area contributed by atoms with Crippen LogP contribution in [0.25, 0.3) is 0 Å². The van der Waals surface area contributed by atoms with E-state index in [0.717, 1.165) is 5.56 Å². The van der Waals surface area contributed by atoms with E-state index in [1.807, 2.05) is 25.7 Å². The average molecular weight is 373 g/mol. The van der Waals surface area contributed by atoms with Crippen LogP contribution in [0.15, 0.2) is 18.2 Å². The molecule has 24 heavy (non-hydrogen) atoms. The van der Waals surface area contributed by atoms with Crippen molar-refractivity contribution in [1.29, 1.82) is 0 Å². The highest BCUT2D eigenvalue weighted by Crippen LogP contribution is 2.24. The maximum atomic E-state index is 12.2. The second kappa shape index (κ2) is 7.72. The smallest absolute Gasteiger partial charge is 0.324 e. The number of halogens is 2. The van der Waals surface area contributed by atoms with Crippen LogP contribution in [0.3, 0.4) is 0 Å². The molecule has 1 heterocycles. The van der Waals surface area contributed by atoms with Crippen LogP contribution >= 0.6 is 23.2 Å². The Morgan fingerprint density at radius 2 is 2.08 bits per heavy atom. The molecule has 0 radical (unpaired) electrons. The van der Waals surface area contributed by atoms with E-state index in [1.54, 1.807) is 18.2 Å². The first-order chi connectivity index (χ1) is 11.2. The van der Waals surface area contributed by atoms with Crippen LogP contribution < -0.4 is 5.32 Å². The summed E-state index contributed by atoms with van der Waals surface area (Å²) in [5, 5.41) is 3.72. The molecule has 132 valence electrons. The van der Waals surface area contributed by atoms with Gasteiger partial charge in [0.2, 0.25) is 5.91 Å². The predicted octanol–water partition coefficient (Wildman–Crippen LogP) is 3.03. The van der Waals surface area contributed by atoms with Crippen LogP contribution in [0, 0.1) is 0 Å². The SMILES string of the molecule is CCN1CC(C)(C)OC(=O)C1CC(=O)NCc1ccc(Cl)c(Cl)c1. The van der Waals surface area contributed by atoms with Crippen molar-refractivity contribution in [1.82, 2.24) is 10.2 Å². The summed E-state index contributed by atoms with van der Waals surface area (Å²) in [6.07, 6.45) is 0.0735. The maximum absolute atomic E-state index is 12.2. The van der Waals surface area contributed by atoms with Crippen LogP contribution in [0.4, 0.5) is 0 Å². The molecule has 1 aromatic carbocycles. The molecule has 1 aromatic rings. The van der Waals surface area contributed by atoms with Gasteiger partial charge in [-0.3, -0.25) is 14.5 Å². The molecule has 1 atom stereocenters. The molecule has 1 unspecified atom stereocenters. The number of rotatable bonds is 5. The summed E-state index contributed by atoms with van der Waals surface area (Å²) in [6, 6.07) is 4.64. The van der Waals surface area contributed by atoms with Crippen LogP contribution in [-0.4, -0.2) is 41.5 Å². The van der Waals surface area contributed by atoms with Crippen LogP contribution in [0.1, 0.15) is 32.8 Å². The summed E-state index contributed by atoms with van der Waals surface area (Å²) in [4.78, 5) is 26.4. The van der Waals surface area contributed by atoms with Gasteiger partial charge >= 0.3 is 5.97 Å². The van der Waals surface area contributed by atoms with Crippen LogP contribution in [-0.2, 0) is 20.9 Å². The minimum absolute atomic E-state index is 0.0735. The number of amides is 1. The molecular formula is C17H22Cl2N2O3.